The molecule has 2 atom stereocenters. The molecular weight excluding hydrogens is 372 g/mol. The SMILES string of the molecule is Cl.O=C(c1cc(Br)c2c(c1)OCCO2)N1C[C@H]2CNC[C@H]2C1. The molecular formula is C15H18BrClN2O3. The third-order valence-electron chi connectivity index (χ3n) is 4.52. The van der Waals surface area contributed by atoms with Crippen molar-refractivity contribution in [1.82, 2.24) is 10.2 Å². The number of rotatable bonds is 1. The number of benzene rings is 1. The third-order valence-corrected chi connectivity index (χ3v) is 5.11. The highest BCUT2D eigenvalue weighted by atomic mass is 79.9. The molecule has 0 aliphatic carbocycles. The highest BCUT2D eigenvalue weighted by Gasteiger charge is 2.38. The summed E-state index contributed by atoms with van der Waals surface area (Å²) in [5.74, 6) is 2.65. The first-order chi connectivity index (χ1) is 10.2. The molecule has 1 N–H and O–H groups in total. The van der Waals surface area contributed by atoms with Gasteiger partial charge in [-0.05, 0) is 39.9 Å². The Morgan fingerprint density at radius 2 is 1.86 bits per heavy atom. The van der Waals surface area contributed by atoms with Gasteiger partial charge in [0, 0.05) is 31.7 Å². The molecule has 1 aromatic rings. The molecule has 0 radical (unpaired) electrons. The minimum absolute atomic E-state index is 0. The molecule has 4 rings (SSSR count). The molecule has 120 valence electrons. The molecule has 3 aliphatic rings. The van der Waals surface area contributed by atoms with Crippen molar-refractivity contribution in [3.63, 3.8) is 0 Å². The maximum Gasteiger partial charge on any atom is 0.254 e. The number of carbonyl (C=O) groups excluding carboxylic acids is 1. The number of amides is 1. The van der Waals surface area contributed by atoms with Crippen molar-refractivity contribution in [2.75, 3.05) is 39.4 Å². The second-order valence-electron chi connectivity index (χ2n) is 5.87. The molecule has 1 amide bonds. The summed E-state index contributed by atoms with van der Waals surface area (Å²) in [5, 5.41) is 3.39. The molecule has 2 fully saturated rings. The summed E-state index contributed by atoms with van der Waals surface area (Å²) in [6, 6.07) is 3.64. The van der Waals surface area contributed by atoms with Crippen molar-refractivity contribution in [2.24, 2.45) is 11.8 Å². The zero-order chi connectivity index (χ0) is 14.4. The molecule has 7 heteroatoms. The van der Waals surface area contributed by atoms with E-state index in [0.717, 1.165) is 30.7 Å². The average Bonchev–Trinajstić information content (AvgIpc) is 3.07. The van der Waals surface area contributed by atoms with Gasteiger partial charge in [0.1, 0.15) is 13.2 Å². The van der Waals surface area contributed by atoms with Crippen molar-refractivity contribution in [1.29, 1.82) is 0 Å². The maximum atomic E-state index is 12.7. The van der Waals surface area contributed by atoms with E-state index in [9.17, 15) is 4.79 Å². The largest absolute Gasteiger partial charge is 0.486 e. The Balaban J connectivity index is 0.00000144. The third kappa shape index (κ3) is 2.68. The van der Waals surface area contributed by atoms with Gasteiger partial charge in [0.25, 0.3) is 5.91 Å². The van der Waals surface area contributed by atoms with Crippen molar-refractivity contribution in [2.45, 2.75) is 0 Å². The van der Waals surface area contributed by atoms with E-state index in [4.69, 9.17) is 9.47 Å². The van der Waals surface area contributed by atoms with Gasteiger partial charge in [0.2, 0.25) is 0 Å². The zero-order valence-corrected chi connectivity index (χ0v) is 14.4. The molecule has 5 nitrogen and oxygen atoms in total. The summed E-state index contributed by atoms with van der Waals surface area (Å²) in [5.41, 5.74) is 0.666. The molecule has 3 aliphatic heterocycles. The fourth-order valence-corrected chi connectivity index (χ4v) is 3.99. The van der Waals surface area contributed by atoms with Crippen LogP contribution in [0.25, 0.3) is 0 Å². The lowest BCUT2D eigenvalue weighted by Crippen LogP contribution is -2.32. The smallest absolute Gasteiger partial charge is 0.254 e. The number of nitrogens with one attached hydrogen (secondary N) is 1. The van der Waals surface area contributed by atoms with E-state index < -0.39 is 0 Å². The number of hydrogen-bond donors (Lipinski definition) is 1. The van der Waals surface area contributed by atoms with Crippen molar-refractivity contribution >= 4 is 34.2 Å². The van der Waals surface area contributed by atoms with Gasteiger partial charge in [0.05, 0.1) is 4.47 Å². The molecule has 2 saturated heterocycles. The quantitative estimate of drug-likeness (QED) is 0.797. The standard InChI is InChI=1S/C15H17BrN2O3.ClH/c16-12-3-9(4-13-14(12)21-2-1-20-13)15(19)18-7-10-5-17-6-11(10)8-18;/h3-4,10-11,17H,1-2,5-8H2;1H/t10-,11+;. The van der Waals surface area contributed by atoms with Crippen molar-refractivity contribution < 1.29 is 14.3 Å². The molecule has 0 aromatic heterocycles. The zero-order valence-electron chi connectivity index (χ0n) is 12.0. The molecule has 1 aromatic carbocycles. The van der Waals surface area contributed by atoms with Crippen LogP contribution >= 0.6 is 28.3 Å². The Morgan fingerprint density at radius 1 is 1.18 bits per heavy atom. The highest BCUT2D eigenvalue weighted by molar-refractivity contribution is 9.10. The fraction of sp³-hybridized carbons (Fsp3) is 0.533. The first kappa shape index (κ1) is 15.9. The molecule has 3 heterocycles. The monoisotopic (exact) mass is 388 g/mol. The van der Waals surface area contributed by atoms with Crippen LogP contribution in [-0.2, 0) is 0 Å². The van der Waals surface area contributed by atoms with Gasteiger partial charge in [-0.15, -0.1) is 12.4 Å². The number of carbonyl (C=O) groups is 1. The van der Waals surface area contributed by atoms with Crippen molar-refractivity contribution in [3.8, 4) is 11.5 Å². The van der Waals surface area contributed by atoms with Crippen molar-refractivity contribution in [3.05, 3.63) is 22.2 Å². The van der Waals surface area contributed by atoms with Crippen LogP contribution in [0, 0.1) is 11.8 Å². The summed E-state index contributed by atoms with van der Waals surface area (Å²) in [7, 11) is 0. The van der Waals surface area contributed by atoms with E-state index >= 15 is 0 Å². The Hall–Kier alpha value is -0.980. The summed E-state index contributed by atoms with van der Waals surface area (Å²) >= 11 is 3.47. The number of likely N-dealkylation sites (tertiary alicyclic amines) is 1. The van der Waals surface area contributed by atoms with Gasteiger partial charge >= 0.3 is 0 Å². The fourth-order valence-electron chi connectivity index (χ4n) is 3.44. The number of fused-ring (bicyclic) bond motifs is 2. The minimum Gasteiger partial charge on any atom is -0.486 e. The topological polar surface area (TPSA) is 50.8 Å². The van der Waals surface area contributed by atoms with E-state index in [-0.39, 0.29) is 18.3 Å². The molecule has 0 saturated carbocycles. The van der Waals surface area contributed by atoms with Gasteiger partial charge in [-0.25, -0.2) is 0 Å². The van der Waals surface area contributed by atoms with Crippen LogP contribution in [0.2, 0.25) is 0 Å². The van der Waals surface area contributed by atoms with Crippen LogP contribution in [0.4, 0.5) is 0 Å². The van der Waals surface area contributed by atoms with Crippen LogP contribution in [0.15, 0.2) is 16.6 Å². The molecule has 0 bridgehead atoms. The molecule has 0 spiro atoms. The van der Waals surface area contributed by atoms with E-state index in [1.807, 2.05) is 11.0 Å². The maximum absolute atomic E-state index is 12.7. The van der Waals surface area contributed by atoms with Crippen LogP contribution in [0.1, 0.15) is 10.4 Å². The minimum atomic E-state index is 0. The van der Waals surface area contributed by atoms with E-state index in [2.05, 4.69) is 21.2 Å². The van der Waals surface area contributed by atoms with E-state index in [0.29, 0.717) is 42.1 Å². The predicted octanol–water partition coefficient (Wildman–Crippen LogP) is 1.93. The Labute approximate surface area is 143 Å². The molecule has 22 heavy (non-hydrogen) atoms. The summed E-state index contributed by atoms with van der Waals surface area (Å²) in [6.07, 6.45) is 0. The van der Waals surface area contributed by atoms with Crippen LogP contribution in [0.3, 0.4) is 0 Å². The van der Waals surface area contributed by atoms with E-state index in [1.54, 1.807) is 6.07 Å². The number of ether oxygens (including phenoxy) is 2. The number of hydrogen-bond acceptors (Lipinski definition) is 4. The average molecular weight is 390 g/mol. The Bertz CT molecular complexity index is 586. The van der Waals surface area contributed by atoms with Gasteiger partial charge in [-0.2, -0.15) is 0 Å². The summed E-state index contributed by atoms with van der Waals surface area (Å²) in [4.78, 5) is 14.7. The second kappa shape index (κ2) is 6.26. The van der Waals surface area contributed by atoms with Crippen LogP contribution in [0.5, 0.6) is 11.5 Å². The normalized spacial score (nSPS) is 25.6. The lowest BCUT2D eigenvalue weighted by Gasteiger charge is -2.22. The summed E-state index contributed by atoms with van der Waals surface area (Å²) < 4.78 is 11.9. The lowest BCUT2D eigenvalue weighted by atomic mass is 10.0. The Morgan fingerprint density at radius 3 is 2.59 bits per heavy atom. The van der Waals surface area contributed by atoms with Gasteiger partial charge in [0.15, 0.2) is 11.5 Å². The lowest BCUT2D eigenvalue weighted by molar-refractivity contribution is 0.0780. The highest BCUT2D eigenvalue weighted by Crippen LogP contribution is 2.39. The Kier molecular flexibility index (Phi) is 4.52. The van der Waals surface area contributed by atoms with Gasteiger partial charge in [-0.3, -0.25) is 4.79 Å². The predicted molar refractivity (Wildman–Crippen MR) is 88.1 cm³/mol. The number of halogens is 2. The van der Waals surface area contributed by atoms with Crippen LogP contribution in [-0.4, -0.2) is 50.2 Å². The summed E-state index contributed by atoms with van der Waals surface area (Å²) in [6.45, 7) is 4.82. The van der Waals surface area contributed by atoms with Crippen LogP contribution < -0.4 is 14.8 Å². The first-order valence-electron chi connectivity index (χ1n) is 7.31. The van der Waals surface area contributed by atoms with Gasteiger partial charge < -0.3 is 19.7 Å². The molecule has 0 unspecified atom stereocenters. The number of nitrogens with zero attached hydrogens (tertiary/aromatic N) is 1. The van der Waals surface area contributed by atoms with E-state index in [1.165, 1.54) is 0 Å². The van der Waals surface area contributed by atoms with Gasteiger partial charge in [-0.1, -0.05) is 0 Å². The second-order valence-corrected chi connectivity index (χ2v) is 6.73. The first-order valence-corrected chi connectivity index (χ1v) is 8.11.